The summed E-state index contributed by atoms with van der Waals surface area (Å²) in [5.41, 5.74) is 1.73. The first-order valence-electron chi connectivity index (χ1n) is 5.90. The molecule has 0 atom stereocenters. The first-order chi connectivity index (χ1) is 7.71. The number of nitrogens with one attached hydrogen (secondary N) is 1. The molecule has 1 N–H and O–H groups in total. The number of halogens is 2. The van der Waals surface area contributed by atoms with Gasteiger partial charge in [0.15, 0.2) is 0 Å². The Balaban J connectivity index is 2.10. The first kappa shape index (κ1) is 10.2. The molecule has 0 bridgehead atoms. The molecule has 3 heteroatoms. The molecule has 1 spiro atoms. The van der Waals surface area contributed by atoms with Gasteiger partial charge < -0.3 is 5.32 Å². The Morgan fingerprint density at radius 2 is 1.81 bits per heavy atom. The van der Waals surface area contributed by atoms with Gasteiger partial charge in [-0.15, -0.1) is 0 Å². The molecule has 16 heavy (non-hydrogen) atoms. The number of benzene rings is 1. The minimum atomic E-state index is -0.434. The van der Waals surface area contributed by atoms with Crippen LogP contribution in [0, 0.1) is 11.6 Å². The van der Waals surface area contributed by atoms with Crippen LogP contribution >= 0.6 is 0 Å². The minimum absolute atomic E-state index is 0.0452. The fourth-order valence-corrected chi connectivity index (χ4v) is 3.25. The second-order valence-corrected chi connectivity index (χ2v) is 4.94. The second-order valence-electron chi connectivity index (χ2n) is 4.94. The summed E-state index contributed by atoms with van der Waals surface area (Å²) in [6, 6.07) is 2.57. The van der Waals surface area contributed by atoms with Crippen molar-refractivity contribution in [3.05, 3.63) is 34.9 Å². The van der Waals surface area contributed by atoms with Crippen LogP contribution in [0.4, 0.5) is 8.78 Å². The SMILES string of the molecule is Fc1cc(F)c2c(c1)C1(CCNCC1)CC2. The number of hydrogen-bond acceptors (Lipinski definition) is 1. The van der Waals surface area contributed by atoms with Crippen LogP contribution in [0.25, 0.3) is 0 Å². The van der Waals surface area contributed by atoms with Crippen molar-refractivity contribution in [3.8, 4) is 0 Å². The molecule has 1 fully saturated rings. The Hall–Kier alpha value is -0.960. The maximum absolute atomic E-state index is 13.6. The predicted molar refractivity (Wildman–Crippen MR) is 58.5 cm³/mol. The maximum Gasteiger partial charge on any atom is 0.129 e. The summed E-state index contributed by atoms with van der Waals surface area (Å²) in [5, 5.41) is 3.31. The molecule has 1 nitrogen and oxygen atoms in total. The van der Waals surface area contributed by atoms with Crippen molar-refractivity contribution in [2.24, 2.45) is 0 Å². The average Bonchev–Trinajstić information content (AvgIpc) is 2.59. The lowest BCUT2D eigenvalue weighted by Gasteiger charge is -2.35. The molecular formula is C13H15F2N. The standard InChI is InChI=1S/C13H15F2N/c14-9-7-11-10(12(15)8-9)1-2-13(11)3-5-16-6-4-13/h7-8,16H,1-6H2. The van der Waals surface area contributed by atoms with Gasteiger partial charge in [0, 0.05) is 6.07 Å². The quantitative estimate of drug-likeness (QED) is 0.712. The van der Waals surface area contributed by atoms with E-state index in [9.17, 15) is 8.78 Å². The molecule has 1 aliphatic heterocycles. The van der Waals surface area contributed by atoms with E-state index in [-0.39, 0.29) is 11.2 Å². The Morgan fingerprint density at radius 1 is 1.06 bits per heavy atom. The van der Waals surface area contributed by atoms with Crippen LogP contribution in [0.1, 0.15) is 30.4 Å². The van der Waals surface area contributed by atoms with Gasteiger partial charge in [-0.2, -0.15) is 0 Å². The Morgan fingerprint density at radius 3 is 2.56 bits per heavy atom. The lowest BCUT2D eigenvalue weighted by molar-refractivity contribution is 0.306. The van der Waals surface area contributed by atoms with E-state index in [1.165, 1.54) is 0 Å². The van der Waals surface area contributed by atoms with E-state index in [1.807, 2.05) is 0 Å². The Bertz CT molecular complexity index is 422. The molecule has 1 aromatic rings. The van der Waals surface area contributed by atoms with Crippen molar-refractivity contribution in [2.75, 3.05) is 13.1 Å². The summed E-state index contributed by atoms with van der Waals surface area (Å²) >= 11 is 0. The highest BCUT2D eigenvalue weighted by Gasteiger charge is 2.40. The van der Waals surface area contributed by atoms with Crippen molar-refractivity contribution in [1.29, 1.82) is 0 Å². The van der Waals surface area contributed by atoms with Crippen molar-refractivity contribution >= 4 is 0 Å². The summed E-state index contributed by atoms with van der Waals surface area (Å²) < 4.78 is 26.9. The number of piperidine rings is 1. The molecule has 1 heterocycles. The van der Waals surface area contributed by atoms with Gasteiger partial charge in [-0.05, 0) is 61.4 Å². The lowest BCUT2D eigenvalue weighted by atomic mass is 9.74. The topological polar surface area (TPSA) is 12.0 Å². The Kier molecular flexibility index (Phi) is 2.25. The summed E-state index contributed by atoms with van der Waals surface area (Å²) in [4.78, 5) is 0. The van der Waals surface area contributed by atoms with E-state index in [2.05, 4.69) is 5.32 Å². The third-order valence-corrected chi connectivity index (χ3v) is 4.15. The lowest BCUT2D eigenvalue weighted by Crippen LogP contribution is -2.38. The molecule has 0 saturated carbocycles. The average molecular weight is 223 g/mol. The van der Waals surface area contributed by atoms with Crippen molar-refractivity contribution < 1.29 is 8.78 Å². The smallest absolute Gasteiger partial charge is 0.129 e. The van der Waals surface area contributed by atoms with Crippen LogP contribution in [0.2, 0.25) is 0 Å². The molecule has 1 aliphatic carbocycles. The zero-order valence-electron chi connectivity index (χ0n) is 9.15. The zero-order chi connectivity index (χ0) is 11.2. The number of rotatable bonds is 0. The Labute approximate surface area is 93.9 Å². The van der Waals surface area contributed by atoms with E-state index in [4.69, 9.17) is 0 Å². The van der Waals surface area contributed by atoms with E-state index in [0.29, 0.717) is 0 Å². The van der Waals surface area contributed by atoms with Crippen molar-refractivity contribution in [3.63, 3.8) is 0 Å². The van der Waals surface area contributed by atoms with E-state index in [0.717, 1.165) is 56.0 Å². The van der Waals surface area contributed by atoms with Crippen molar-refractivity contribution in [1.82, 2.24) is 5.32 Å². The first-order valence-corrected chi connectivity index (χ1v) is 5.90. The zero-order valence-corrected chi connectivity index (χ0v) is 9.15. The highest BCUT2D eigenvalue weighted by molar-refractivity contribution is 5.41. The van der Waals surface area contributed by atoms with Crippen LogP contribution in [0.15, 0.2) is 12.1 Å². The third kappa shape index (κ3) is 1.38. The minimum Gasteiger partial charge on any atom is -0.317 e. The number of hydrogen-bond donors (Lipinski definition) is 1. The highest BCUT2D eigenvalue weighted by Crippen LogP contribution is 2.46. The molecule has 0 unspecified atom stereocenters. The van der Waals surface area contributed by atoms with E-state index in [1.54, 1.807) is 6.07 Å². The normalized spacial score (nSPS) is 22.4. The molecule has 3 rings (SSSR count). The summed E-state index contributed by atoms with van der Waals surface area (Å²) in [7, 11) is 0. The fourth-order valence-electron chi connectivity index (χ4n) is 3.25. The molecule has 0 radical (unpaired) electrons. The highest BCUT2D eigenvalue weighted by atomic mass is 19.1. The second kappa shape index (κ2) is 3.52. The summed E-state index contributed by atoms with van der Waals surface area (Å²) in [6.45, 7) is 1.91. The molecule has 0 aromatic heterocycles. The van der Waals surface area contributed by atoms with Crippen LogP contribution < -0.4 is 5.32 Å². The van der Waals surface area contributed by atoms with E-state index >= 15 is 0 Å². The summed E-state index contributed by atoms with van der Waals surface area (Å²) in [6.07, 6.45) is 3.75. The van der Waals surface area contributed by atoms with Gasteiger partial charge in [-0.25, -0.2) is 8.78 Å². The van der Waals surface area contributed by atoms with E-state index < -0.39 is 5.82 Å². The molecule has 0 amide bonds. The predicted octanol–water partition coefficient (Wildman–Crippen LogP) is 2.53. The van der Waals surface area contributed by atoms with Crippen LogP contribution in [-0.2, 0) is 11.8 Å². The molecule has 1 saturated heterocycles. The third-order valence-electron chi connectivity index (χ3n) is 4.15. The van der Waals surface area contributed by atoms with Gasteiger partial charge in [-0.3, -0.25) is 0 Å². The van der Waals surface area contributed by atoms with Gasteiger partial charge in [0.2, 0.25) is 0 Å². The molecule has 1 aromatic carbocycles. The van der Waals surface area contributed by atoms with Crippen LogP contribution in [-0.4, -0.2) is 13.1 Å². The van der Waals surface area contributed by atoms with Gasteiger partial charge in [-0.1, -0.05) is 0 Å². The van der Waals surface area contributed by atoms with Gasteiger partial charge in [0.25, 0.3) is 0 Å². The fraction of sp³-hybridized carbons (Fsp3) is 0.538. The molecule has 86 valence electrons. The largest absolute Gasteiger partial charge is 0.317 e. The van der Waals surface area contributed by atoms with Crippen LogP contribution in [0.3, 0.4) is 0 Å². The molecule has 2 aliphatic rings. The summed E-state index contributed by atoms with van der Waals surface area (Å²) in [5.74, 6) is -0.790. The van der Waals surface area contributed by atoms with Crippen LogP contribution in [0.5, 0.6) is 0 Å². The van der Waals surface area contributed by atoms with Gasteiger partial charge >= 0.3 is 0 Å². The van der Waals surface area contributed by atoms with Crippen molar-refractivity contribution in [2.45, 2.75) is 31.1 Å². The number of fused-ring (bicyclic) bond motifs is 2. The van der Waals surface area contributed by atoms with Gasteiger partial charge in [0.05, 0.1) is 0 Å². The van der Waals surface area contributed by atoms with Gasteiger partial charge in [0.1, 0.15) is 11.6 Å². The monoisotopic (exact) mass is 223 g/mol. The maximum atomic E-state index is 13.6. The molecular weight excluding hydrogens is 208 g/mol.